The summed E-state index contributed by atoms with van der Waals surface area (Å²) in [4.78, 5) is 0. The quantitative estimate of drug-likeness (QED) is 0.410. The van der Waals surface area contributed by atoms with E-state index in [1.54, 1.807) is 0 Å². The Labute approximate surface area is 105 Å². The first-order valence-corrected chi connectivity index (χ1v) is 6.43. The van der Waals surface area contributed by atoms with Gasteiger partial charge in [-0.3, -0.25) is 11.3 Å². The van der Waals surface area contributed by atoms with Gasteiger partial charge >= 0.3 is 0 Å². The van der Waals surface area contributed by atoms with E-state index in [1.165, 1.54) is 11.1 Å². The van der Waals surface area contributed by atoms with Crippen molar-refractivity contribution < 1.29 is 0 Å². The third-order valence-corrected chi connectivity index (χ3v) is 3.13. The topological polar surface area (TPSA) is 38.0 Å². The minimum Gasteiger partial charge on any atom is -0.271 e. The van der Waals surface area contributed by atoms with E-state index in [1.807, 2.05) is 0 Å². The predicted octanol–water partition coefficient (Wildman–Crippen LogP) is 3.20. The van der Waals surface area contributed by atoms with Gasteiger partial charge in [0.15, 0.2) is 0 Å². The Hall–Kier alpha value is -1.12. The molecule has 2 nitrogen and oxygen atoms in total. The zero-order valence-corrected chi connectivity index (χ0v) is 10.8. The Kier molecular flexibility index (Phi) is 6.60. The highest BCUT2D eigenvalue weighted by atomic mass is 15.2. The second kappa shape index (κ2) is 8.04. The fourth-order valence-corrected chi connectivity index (χ4v) is 1.93. The third-order valence-electron chi connectivity index (χ3n) is 3.13. The number of nitrogens with one attached hydrogen (secondary N) is 1. The van der Waals surface area contributed by atoms with Crippen LogP contribution in [0.1, 0.15) is 38.2 Å². The molecule has 0 aliphatic rings. The number of aryl methyl sites for hydroxylation is 1. The van der Waals surface area contributed by atoms with E-state index in [0.29, 0.717) is 6.04 Å². The monoisotopic (exact) mass is 232 g/mol. The third kappa shape index (κ3) is 5.66. The Morgan fingerprint density at radius 1 is 1.35 bits per heavy atom. The Balaban J connectivity index is 2.26. The summed E-state index contributed by atoms with van der Waals surface area (Å²) >= 11 is 0. The second-order valence-corrected chi connectivity index (χ2v) is 4.55. The molecule has 0 bridgehead atoms. The summed E-state index contributed by atoms with van der Waals surface area (Å²) < 4.78 is 0. The number of nitrogens with two attached hydrogens (primary N) is 1. The summed E-state index contributed by atoms with van der Waals surface area (Å²) in [6, 6.07) is 11.0. The van der Waals surface area contributed by atoms with E-state index in [-0.39, 0.29) is 0 Å². The average molecular weight is 232 g/mol. The minimum absolute atomic E-state index is 0.367. The van der Waals surface area contributed by atoms with Crippen LogP contribution in [0, 0.1) is 0 Å². The zero-order valence-electron chi connectivity index (χ0n) is 10.8. The molecule has 2 heteroatoms. The highest BCUT2D eigenvalue weighted by molar-refractivity contribution is 5.14. The van der Waals surface area contributed by atoms with E-state index in [9.17, 15) is 0 Å². The number of hydrogen-bond acceptors (Lipinski definition) is 2. The second-order valence-electron chi connectivity index (χ2n) is 4.55. The molecular weight excluding hydrogens is 208 g/mol. The number of hydrazine groups is 1. The van der Waals surface area contributed by atoms with Gasteiger partial charge in [-0.15, -0.1) is 0 Å². The van der Waals surface area contributed by atoms with Crippen LogP contribution < -0.4 is 11.3 Å². The molecule has 0 aliphatic carbocycles. The lowest BCUT2D eigenvalue weighted by Gasteiger charge is -2.16. The molecule has 1 rings (SSSR count). The first-order valence-electron chi connectivity index (χ1n) is 6.43. The molecule has 1 unspecified atom stereocenters. The van der Waals surface area contributed by atoms with Crippen LogP contribution in [0.5, 0.6) is 0 Å². The standard InChI is InChI=1S/C15H24N2/c1-3-13(2)12-15(17-16)11-7-10-14-8-5-4-6-9-14/h4-6,8-9,15,17H,2-3,7,10-12,16H2,1H3. The first kappa shape index (κ1) is 13.9. The summed E-state index contributed by atoms with van der Waals surface area (Å²) in [7, 11) is 0. The molecule has 94 valence electrons. The molecule has 0 amide bonds. The van der Waals surface area contributed by atoms with Gasteiger partial charge < -0.3 is 0 Å². The molecule has 0 aromatic heterocycles. The Bertz CT molecular complexity index is 319. The molecule has 0 radical (unpaired) electrons. The predicted molar refractivity (Wildman–Crippen MR) is 74.5 cm³/mol. The van der Waals surface area contributed by atoms with Crippen LogP contribution >= 0.6 is 0 Å². The van der Waals surface area contributed by atoms with E-state index >= 15 is 0 Å². The summed E-state index contributed by atoms with van der Waals surface area (Å²) in [5.41, 5.74) is 5.56. The number of rotatable bonds is 8. The summed E-state index contributed by atoms with van der Waals surface area (Å²) in [6.07, 6.45) is 5.41. The van der Waals surface area contributed by atoms with Crippen molar-refractivity contribution in [3.05, 3.63) is 48.0 Å². The molecule has 1 aromatic rings. The Morgan fingerprint density at radius 2 is 2.06 bits per heavy atom. The SMILES string of the molecule is C=C(CC)CC(CCCc1ccccc1)NN. The summed E-state index contributed by atoms with van der Waals surface area (Å²) in [5.74, 6) is 5.56. The zero-order chi connectivity index (χ0) is 12.5. The van der Waals surface area contributed by atoms with E-state index in [2.05, 4.69) is 49.3 Å². The van der Waals surface area contributed by atoms with Crippen molar-refractivity contribution in [3.8, 4) is 0 Å². The minimum atomic E-state index is 0.367. The largest absolute Gasteiger partial charge is 0.271 e. The van der Waals surface area contributed by atoms with Crippen LogP contribution in [0.2, 0.25) is 0 Å². The van der Waals surface area contributed by atoms with Gasteiger partial charge in [-0.2, -0.15) is 0 Å². The highest BCUT2D eigenvalue weighted by Gasteiger charge is 2.07. The molecule has 0 saturated heterocycles. The van der Waals surface area contributed by atoms with E-state index < -0.39 is 0 Å². The van der Waals surface area contributed by atoms with Crippen molar-refractivity contribution in [1.29, 1.82) is 0 Å². The normalized spacial score (nSPS) is 12.4. The maximum atomic E-state index is 5.56. The summed E-state index contributed by atoms with van der Waals surface area (Å²) in [6.45, 7) is 6.17. The maximum absolute atomic E-state index is 5.56. The van der Waals surface area contributed by atoms with E-state index in [4.69, 9.17) is 5.84 Å². The highest BCUT2D eigenvalue weighted by Crippen LogP contribution is 2.12. The van der Waals surface area contributed by atoms with Gasteiger partial charge in [0.2, 0.25) is 0 Å². The van der Waals surface area contributed by atoms with Gasteiger partial charge in [0.05, 0.1) is 0 Å². The van der Waals surface area contributed by atoms with Crippen LogP contribution in [0.3, 0.4) is 0 Å². The van der Waals surface area contributed by atoms with Gasteiger partial charge in [-0.25, -0.2) is 0 Å². The molecule has 0 saturated carbocycles. The van der Waals surface area contributed by atoms with Crippen molar-refractivity contribution in [2.45, 2.75) is 45.1 Å². The van der Waals surface area contributed by atoms with Gasteiger partial charge in [-0.1, -0.05) is 49.4 Å². The average Bonchev–Trinajstić information content (AvgIpc) is 2.38. The molecular formula is C15H24N2. The molecule has 0 spiro atoms. The fourth-order valence-electron chi connectivity index (χ4n) is 1.93. The van der Waals surface area contributed by atoms with Gasteiger partial charge in [0, 0.05) is 6.04 Å². The molecule has 1 aromatic carbocycles. The molecule has 17 heavy (non-hydrogen) atoms. The lowest BCUT2D eigenvalue weighted by atomic mass is 9.99. The lowest BCUT2D eigenvalue weighted by Crippen LogP contribution is -2.35. The lowest BCUT2D eigenvalue weighted by molar-refractivity contribution is 0.472. The van der Waals surface area contributed by atoms with Crippen LogP contribution in [-0.4, -0.2) is 6.04 Å². The Morgan fingerprint density at radius 3 is 2.65 bits per heavy atom. The van der Waals surface area contributed by atoms with Crippen LogP contribution in [0.25, 0.3) is 0 Å². The maximum Gasteiger partial charge on any atom is 0.0247 e. The number of benzene rings is 1. The van der Waals surface area contributed by atoms with Crippen molar-refractivity contribution >= 4 is 0 Å². The van der Waals surface area contributed by atoms with Gasteiger partial charge in [0.25, 0.3) is 0 Å². The smallest absolute Gasteiger partial charge is 0.0247 e. The van der Waals surface area contributed by atoms with Crippen molar-refractivity contribution in [3.63, 3.8) is 0 Å². The van der Waals surface area contributed by atoms with Crippen LogP contribution in [-0.2, 0) is 6.42 Å². The van der Waals surface area contributed by atoms with Crippen molar-refractivity contribution in [2.75, 3.05) is 0 Å². The molecule has 1 atom stereocenters. The van der Waals surface area contributed by atoms with Crippen molar-refractivity contribution in [2.24, 2.45) is 5.84 Å². The number of hydrogen-bond donors (Lipinski definition) is 2. The van der Waals surface area contributed by atoms with Crippen LogP contribution in [0.15, 0.2) is 42.5 Å². The fraction of sp³-hybridized carbons (Fsp3) is 0.467. The molecule has 0 fully saturated rings. The summed E-state index contributed by atoms with van der Waals surface area (Å²) in [5, 5.41) is 0. The molecule has 0 heterocycles. The molecule has 0 aliphatic heterocycles. The van der Waals surface area contributed by atoms with Gasteiger partial charge in [-0.05, 0) is 37.7 Å². The van der Waals surface area contributed by atoms with Crippen LogP contribution in [0.4, 0.5) is 0 Å². The first-order chi connectivity index (χ1) is 8.26. The molecule has 3 N–H and O–H groups in total. The van der Waals surface area contributed by atoms with E-state index in [0.717, 1.165) is 32.1 Å². The van der Waals surface area contributed by atoms with Crippen molar-refractivity contribution in [1.82, 2.24) is 5.43 Å². The van der Waals surface area contributed by atoms with Gasteiger partial charge in [0.1, 0.15) is 0 Å².